The molecule has 2 saturated heterocycles. The molecule has 1 unspecified atom stereocenters. The van der Waals surface area contributed by atoms with E-state index in [4.69, 9.17) is 14.2 Å². The zero-order chi connectivity index (χ0) is 19.7. The van der Waals surface area contributed by atoms with Gasteiger partial charge in [-0.25, -0.2) is 4.90 Å². The van der Waals surface area contributed by atoms with E-state index in [1.165, 1.54) is 4.90 Å². The minimum Gasteiger partial charge on any atom is -0.486 e. The van der Waals surface area contributed by atoms with Crippen molar-refractivity contribution in [1.82, 2.24) is 4.90 Å². The van der Waals surface area contributed by atoms with Gasteiger partial charge in [0.1, 0.15) is 13.2 Å². The van der Waals surface area contributed by atoms with Crippen molar-refractivity contribution in [1.29, 1.82) is 0 Å². The summed E-state index contributed by atoms with van der Waals surface area (Å²) in [5.41, 5.74) is 0.503. The van der Waals surface area contributed by atoms with Crippen LogP contribution in [0.4, 0.5) is 5.69 Å². The Labute approximate surface area is 163 Å². The third-order valence-corrected chi connectivity index (χ3v) is 5.50. The predicted molar refractivity (Wildman–Crippen MR) is 99.3 cm³/mol. The van der Waals surface area contributed by atoms with E-state index in [1.807, 2.05) is 4.90 Å². The van der Waals surface area contributed by atoms with Gasteiger partial charge in [-0.3, -0.25) is 19.3 Å². The molecular formula is C20H24N2O6. The second-order valence-electron chi connectivity index (χ2n) is 7.18. The first-order valence-electron chi connectivity index (χ1n) is 9.75. The number of piperidine rings is 1. The topological polar surface area (TPSA) is 85.4 Å². The summed E-state index contributed by atoms with van der Waals surface area (Å²) < 4.78 is 16.2. The monoisotopic (exact) mass is 388 g/mol. The van der Waals surface area contributed by atoms with Crippen LogP contribution in [0.3, 0.4) is 0 Å². The Hall–Kier alpha value is -2.61. The molecule has 0 radical (unpaired) electrons. The van der Waals surface area contributed by atoms with Gasteiger partial charge in [0.25, 0.3) is 5.91 Å². The number of anilines is 1. The Kier molecular flexibility index (Phi) is 5.21. The Morgan fingerprint density at radius 2 is 1.86 bits per heavy atom. The van der Waals surface area contributed by atoms with Crippen LogP contribution in [-0.4, -0.2) is 61.6 Å². The third kappa shape index (κ3) is 3.44. The molecule has 0 saturated carbocycles. The molecule has 3 aliphatic rings. The van der Waals surface area contributed by atoms with Crippen molar-refractivity contribution >= 4 is 23.5 Å². The van der Waals surface area contributed by atoms with E-state index in [1.54, 1.807) is 25.1 Å². The van der Waals surface area contributed by atoms with Crippen LogP contribution >= 0.6 is 0 Å². The number of imide groups is 1. The predicted octanol–water partition coefficient (Wildman–Crippen LogP) is 1.36. The molecule has 1 atom stereocenters. The molecule has 0 spiro atoms. The number of carbonyl (C=O) groups is 3. The molecule has 1 aromatic rings. The summed E-state index contributed by atoms with van der Waals surface area (Å²) in [4.78, 5) is 40.7. The second-order valence-corrected chi connectivity index (χ2v) is 7.18. The van der Waals surface area contributed by atoms with Gasteiger partial charge in [0.15, 0.2) is 11.5 Å². The van der Waals surface area contributed by atoms with Crippen LogP contribution in [0.1, 0.15) is 26.2 Å². The highest BCUT2D eigenvalue weighted by molar-refractivity contribution is 6.22. The highest BCUT2D eigenvalue weighted by Crippen LogP contribution is 2.36. The molecule has 0 N–H and O–H groups in total. The number of ether oxygens (including phenoxy) is 3. The molecule has 4 rings (SSSR count). The van der Waals surface area contributed by atoms with Gasteiger partial charge in [-0.2, -0.15) is 0 Å². The zero-order valence-corrected chi connectivity index (χ0v) is 15.9. The molecular weight excluding hydrogens is 364 g/mol. The molecule has 8 heteroatoms. The fraction of sp³-hybridized carbons (Fsp3) is 0.550. The van der Waals surface area contributed by atoms with Crippen LogP contribution in [0.2, 0.25) is 0 Å². The van der Waals surface area contributed by atoms with Crippen LogP contribution in [0, 0.1) is 5.92 Å². The fourth-order valence-electron chi connectivity index (χ4n) is 4.05. The maximum Gasteiger partial charge on any atom is 0.309 e. The summed E-state index contributed by atoms with van der Waals surface area (Å²) in [7, 11) is 0. The molecule has 1 aromatic carbocycles. The first-order chi connectivity index (χ1) is 13.6. The third-order valence-electron chi connectivity index (χ3n) is 5.50. The standard InChI is InChI=1S/C20H24N2O6/c1-2-26-20(25)13-5-7-21(8-6-13)15-12-18(23)22(19(15)24)14-3-4-16-17(11-14)28-10-9-27-16/h3-4,11,13,15H,2,5-10,12H2,1H3. The average Bonchev–Trinajstić information content (AvgIpc) is 3.02. The van der Waals surface area contributed by atoms with Crippen LogP contribution in [-0.2, 0) is 19.1 Å². The number of nitrogens with zero attached hydrogens (tertiary/aromatic N) is 2. The minimum absolute atomic E-state index is 0.127. The van der Waals surface area contributed by atoms with E-state index in [0.29, 0.717) is 62.9 Å². The molecule has 0 aliphatic carbocycles. The van der Waals surface area contributed by atoms with Crippen molar-refractivity contribution in [2.75, 3.05) is 37.8 Å². The molecule has 28 heavy (non-hydrogen) atoms. The SMILES string of the molecule is CCOC(=O)C1CCN(C2CC(=O)N(c3ccc4c(c3)OCCO4)C2=O)CC1. The van der Waals surface area contributed by atoms with E-state index in [2.05, 4.69) is 0 Å². The number of fused-ring (bicyclic) bond motifs is 1. The van der Waals surface area contributed by atoms with Crippen LogP contribution in [0.25, 0.3) is 0 Å². The zero-order valence-electron chi connectivity index (χ0n) is 15.9. The van der Waals surface area contributed by atoms with Crippen LogP contribution in [0.5, 0.6) is 11.5 Å². The van der Waals surface area contributed by atoms with Crippen molar-refractivity contribution < 1.29 is 28.6 Å². The van der Waals surface area contributed by atoms with Gasteiger partial charge in [0.05, 0.1) is 30.7 Å². The van der Waals surface area contributed by atoms with E-state index >= 15 is 0 Å². The highest BCUT2D eigenvalue weighted by atomic mass is 16.6. The number of amides is 2. The molecule has 0 bridgehead atoms. The Morgan fingerprint density at radius 1 is 1.14 bits per heavy atom. The Morgan fingerprint density at radius 3 is 2.57 bits per heavy atom. The number of esters is 1. The Balaban J connectivity index is 1.44. The summed E-state index contributed by atoms with van der Waals surface area (Å²) in [5, 5.41) is 0. The highest BCUT2D eigenvalue weighted by Gasteiger charge is 2.44. The first-order valence-corrected chi connectivity index (χ1v) is 9.75. The smallest absolute Gasteiger partial charge is 0.309 e. The number of benzene rings is 1. The maximum absolute atomic E-state index is 13.0. The Bertz CT molecular complexity index is 787. The number of carbonyl (C=O) groups excluding carboxylic acids is 3. The summed E-state index contributed by atoms with van der Waals surface area (Å²) in [6.45, 7) is 4.29. The quantitative estimate of drug-likeness (QED) is 0.569. The van der Waals surface area contributed by atoms with E-state index < -0.39 is 6.04 Å². The van der Waals surface area contributed by atoms with Gasteiger partial charge in [-0.1, -0.05) is 0 Å². The molecule has 3 heterocycles. The number of hydrogen-bond donors (Lipinski definition) is 0. The summed E-state index contributed by atoms with van der Waals surface area (Å²) in [6, 6.07) is 4.63. The van der Waals surface area contributed by atoms with Crippen molar-refractivity contribution in [3.8, 4) is 11.5 Å². The molecule has 8 nitrogen and oxygen atoms in total. The lowest BCUT2D eigenvalue weighted by molar-refractivity contribution is -0.149. The number of hydrogen-bond acceptors (Lipinski definition) is 7. The van der Waals surface area contributed by atoms with E-state index in [-0.39, 0.29) is 30.1 Å². The lowest BCUT2D eigenvalue weighted by Gasteiger charge is -2.33. The van der Waals surface area contributed by atoms with Crippen molar-refractivity contribution in [2.45, 2.75) is 32.2 Å². The van der Waals surface area contributed by atoms with Gasteiger partial charge < -0.3 is 14.2 Å². The molecule has 150 valence electrons. The average molecular weight is 388 g/mol. The fourth-order valence-corrected chi connectivity index (χ4v) is 4.05. The lowest BCUT2D eigenvalue weighted by Crippen LogP contribution is -2.47. The first kappa shape index (κ1) is 18.7. The largest absolute Gasteiger partial charge is 0.486 e. The number of rotatable bonds is 4. The van der Waals surface area contributed by atoms with Crippen LogP contribution in [0.15, 0.2) is 18.2 Å². The van der Waals surface area contributed by atoms with Gasteiger partial charge in [0.2, 0.25) is 5.91 Å². The van der Waals surface area contributed by atoms with Gasteiger partial charge in [-0.15, -0.1) is 0 Å². The summed E-state index contributed by atoms with van der Waals surface area (Å²) in [6.07, 6.45) is 1.43. The second kappa shape index (κ2) is 7.79. The molecule has 0 aromatic heterocycles. The maximum atomic E-state index is 13.0. The van der Waals surface area contributed by atoms with E-state index in [9.17, 15) is 14.4 Å². The molecule has 3 aliphatic heterocycles. The van der Waals surface area contributed by atoms with Crippen molar-refractivity contribution in [3.05, 3.63) is 18.2 Å². The normalized spacial score (nSPS) is 23.2. The van der Waals surface area contributed by atoms with Crippen LogP contribution < -0.4 is 14.4 Å². The summed E-state index contributed by atoms with van der Waals surface area (Å²) in [5.74, 6) is 0.413. The van der Waals surface area contributed by atoms with Crippen molar-refractivity contribution in [2.24, 2.45) is 5.92 Å². The summed E-state index contributed by atoms with van der Waals surface area (Å²) >= 11 is 0. The lowest BCUT2D eigenvalue weighted by atomic mass is 9.95. The van der Waals surface area contributed by atoms with Gasteiger partial charge >= 0.3 is 5.97 Å². The molecule has 2 amide bonds. The minimum atomic E-state index is -0.483. The van der Waals surface area contributed by atoms with E-state index in [0.717, 1.165) is 0 Å². The van der Waals surface area contributed by atoms with Crippen molar-refractivity contribution in [3.63, 3.8) is 0 Å². The number of likely N-dealkylation sites (tertiary alicyclic amines) is 1. The van der Waals surface area contributed by atoms with Gasteiger partial charge in [-0.05, 0) is 45.0 Å². The van der Waals surface area contributed by atoms with Gasteiger partial charge in [0, 0.05) is 6.07 Å². The molecule has 2 fully saturated rings.